The van der Waals surface area contributed by atoms with Crippen LogP contribution in [-0.2, 0) is 6.42 Å². The van der Waals surface area contributed by atoms with Crippen molar-refractivity contribution in [3.8, 4) is 0 Å². The third-order valence-electron chi connectivity index (χ3n) is 4.86. The number of quaternary nitrogens is 1. The summed E-state index contributed by atoms with van der Waals surface area (Å²) in [6.45, 7) is 9.56. The average molecular weight is 245 g/mol. The Hall–Kier alpha value is -0.860. The first-order valence-corrected chi connectivity index (χ1v) is 7.48. The van der Waals surface area contributed by atoms with Gasteiger partial charge in [-0.2, -0.15) is 0 Å². The second kappa shape index (κ2) is 5.41. The molecular formula is C16H25N2+. The topological polar surface area (TPSA) is 3.24 Å². The molecule has 1 spiro atoms. The van der Waals surface area contributed by atoms with Crippen LogP contribution in [0.2, 0.25) is 0 Å². The lowest BCUT2D eigenvalue weighted by molar-refractivity contribution is -0.920. The van der Waals surface area contributed by atoms with Crippen molar-refractivity contribution < 1.29 is 4.48 Å². The number of hydrogen-bond donors (Lipinski definition) is 0. The summed E-state index contributed by atoms with van der Waals surface area (Å²) >= 11 is 0. The summed E-state index contributed by atoms with van der Waals surface area (Å²) in [6, 6.07) is 10.9. The third kappa shape index (κ3) is 2.76. The van der Waals surface area contributed by atoms with Crippen LogP contribution in [0.25, 0.3) is 0 Å². The van der Waals surface area contributed by atoms with E-state index in [0.29, 0.717) is 0 Å². The summed E-state index contributed by atoms with van der Waals surface area (Å²) in [5.41, 5.74) is 1.48. The zero-order valence-electron chi connectivity index (χ0n) is 11.4. The van der Waals surface area contributed by atoms with Gasteiger partial charge in [0, 0.05) is 32.5 Å². The summed E-state index contributed by atoms with van der Waals surface area (Å²) in [5.74, 6) is 0. The quantitative estimate of drug-likeness (QED) is 0.738. The number of hydrogen-bond acceptors (Lipinski definition) is 1. The van der Waals surface area contributed by atoms with Gasteiger partial charge in [-0.25, -0.2) is 0 Å². The van der Waals surface area contributed by atoms with Crippen LogP contribution in [-0.4, -0.2) is 55.2 Å². The normalized spacial score (nSPS) is 23.6. The van der Waals surface area contributed by atoms with Crippen molar-refractivity contribution in [3.05, 3.63) is 35.9 Å². The highest BCUT2D eigenvalue weighted by Crippen LogP contribution is 2.22. The Balaban J connectivity index is 1.46. The van der Waals surface area contributed by atoms with Crippen LogP contribution in [0.4, 0.5) is 0 Å². The maximum atomic E-state index is 2.66. The van der Waals surface area contributed by atoms with E-state index >= 15 is 0 Å². The minimum atomic E-state index is 1.21. The first-order chi connectivity index (χ1) is 8.86. The Labute approximate surface area is 111 Å². The van der Waals surface area contributed by atoms with Crippen LogP contribution in [0.15, 0.2) is 30.3 Å². The molecule has 0 saturated carbocycles. The van der Waals surface area contributed by atoms with E-state index in [0.717, 1.165) is 0 Å². The second-order valence-corrected chi connectivity index (χ2v) is 6.02. The predicted molar refractivity (Wildman–Crippen MR) is 75.5 cm³/mol. The lowest BCUT2D eigenvalue weighted by atomic mass is 10.1. The first kappa shape index (κ1) is 12.2. The predicted octanol–water partition coefficient (Wildman–Crippen LogP) is 2.16. The molecule has 0 atom stereocenters. The maximum Gasteiger partial charge on any atom is 0.0916 e. The molecule has 2 heterocycles. The minimum absolute atomic E-state index is 1.21. The van der Waals surface area contributed by atoms with Gasteiger partial charge in [0.15, 0.2) is 0 Å². The zero-order chi connectivity index (χ0) is 12.3. The van der Waals surface area contributed by atoms with Gasteiger partial charge < -0.3 is 4.48 Å². The number of nitrogens with zero attached hydrogens (tertiary/aromatic N) is 2. The van der Waals surface area contributed by atoms with Crippen molar-refractivity contribution >= 4 is 0 Å². The Morgan fingerprint density at radius 3 is 2.22 bits per heavy atom. The van der Waals surface area contributed by atoms with Crippen LogP contribution in [0.1, 0.15) is 18.4 Å². The molecule has 98 valence electrons. The minimum Gasteiger partial charge on any atom is -0.321 e. The Morgan fingerprint density at radius 1 is 0.889 bits per heavy atom. The Morgan fingerprint density at radius 2 is 1.56 bits per heavy atom. The molecule has 18 heavy (non-hydrogen) atoms. The molecule has 2 saturated heterocycles. The van der Waals surface area contributed by atoms with Crippen molar-refractivity contribution in [1.29, 1.82) is 0 Å². The molecule has 0 N–H and O–H groups in total. The summed E-state index contributed by atoms with van der Waals surface area (Å²) in [4.78, 5) is 2.66. The summed E-state index contributed by atoms with van der Waals surface area (Å²) in [7, 11) is 0. The van der Waals surface area contributed by atoms with E-state index in [1.807, 2.05) is 0 Å². The molecule has 0 amide bonds. The fraction of sp³-hybridized carbons (Fsp3) is 0.625. The molecule has 2 nitrogen and oxygen atoms in total. The van der Waals surface area contributed by atoms with E-state index in [2.05, 4.69) is 35.2 Å². The molecule has 0 unspecified atom stereocenters. The van der Waals surface area contributed by atoms with Gasteiger partial charge in [-0.1, -0.05) is 30.3 Å². The fourth-order valence-electron chi connectivity index (χ4n) is 3.54. The van der Waals surface area contributed by atoms with Gasteiger partial charge in [0.05, 0.1) is 26.2 Å². The zero-order valence-corrected chi connectivity index (χ0v) is 11.4. The summed E-state index contributed by atoms with van der Waals surface area (Å²) < 4.78 is 1.43. The van der Waals surface area contributed by atoms with Crippen molar-refractivity contribution in [2.45, 2.75) is 19.3 Å². The van der Waals surface area contributed by atoms with Crippen LogP contribution < -0.4 is 0 Å². The van der Waals surface area contributed by atoms with Crippen molar-refractivity contribution in [1.82, 2.24) is 4.90 Å². The molecule has 1 aromatic carbocycles. The number of rotatable bonds is 3. The third-order valence-corrected chi connectivity index (χ3v) is 4.86. The summed E-state index contributed by atoms with van der Waals surface area (Å²) in [5, 5.41) is 0. The first-order valence-electron chi connectivity index (χ1n) is 7.48. The molecule has 0 aliphatic carbocycles. The summed E-state index contributed by atoms with van der Waals surface area (Å²) in [6.07, 6.45) is 4.13. The standard InChI is InChI=1S/C16H25N2/c1-2-6-16(7-3-1)8-9-17-10-14-18(15-11-17)12-4-5-13-18/h1-3,6-7H,4-5,8-15H2/q+1. The van der Waals surface area contributed by atoms with E-state index in [1.165, 1.54) is 75.1 Å². The lowest BCUT2D eigenvalue weighted by Gasteiger charge is -2.42. The van der Waals surface area contributed by atoms with Crippen LogP contribution in [0, 0.1) is 0 Å². The molecule has 2 aliphatic heterocycles. The fourth-order valence-corrected chi connectivity index (χ4v) is 3.54. The molecule has 0 aromatic heterocycles. The number of benzene rings is 1. The molecule has 1 aromatic rings. The highest BCUT2D eigenvalue weighted by molar-refractivity contribution is 5.14. The van der Waals surface area contributed by atoms with Crippen molar-refractivity contribution in [2.75, 3.05) is 45.8 Å². The van der Waals surface area contributed by atoms with Gasteiger partial charge >= 0.3 is 0 Å². The van der Waals surface area contributed by atoms with Crippen LogP contribution in [0.3, 0.4) is 0 Å². The lowest BCUT2D eigenvalue weighted by Crippen LogP contribution is -2.58. The monoisotopic (exact) mass is 245 g/mol. The molecule has 2 heteroatoms. The maximum absolute atomic E-state index is 2.66. The van der Waals surface area contributed by atoms with Crippen molar-refractivity contribution in [3.63, 3.8) is 0 Å². The van der Waals surface area contributed by atoms with Crippen LogP contribution >= 0.6 is 0 Å². The largest absolute Gasteiger partial charge is 0.321 e. The SMILES string of the molecule is c1ccc(CCN2CC[N+]3(CCCC3)CC2)cc1. The van der Waals surface area contributed by atoms with E-state index in [4.69, 9.17) is 0 Å². The van der Waals surface area contributed by atoms with Crippen molar-refractivity contribution in [2.24, 2.45) is 0 Å². The van der Waals surface area contributed by atoms with Gasteiger partial charge in [-0.05, 0) is 12.0 Å². The van der Waals surface area contributed by atoms with Gasteiger partial charge in [-0.3, -0.25) is 4.90 Å². The average Bonchev–Trinajstić information content (AvgIpc) is 2.88. The van der Waals surface area contributed by atoms with Crippen LogP contribution in [0.5, 0.6) is 0 Å². The molecule has 0 bridgehead atoms. The Kier molecular flexibility index (Phi) is 3.67. The van der Waals surface area contributed by atoms with E-state index in [1.54, 1.807) is 0 Å². The molecule has 0 radical (unpaired) electrons. The highest BCUT2D eigenvalue weighted by atomic mass is 15.4. The van der Waals surface area contributed by atoms with Gasteiger partial charge in [-0.15, -0.1) is 0 Å². The Bertz CT molecular complexity index is 358. The molecule has 2 aliphatic rings. The highest BCUT2D eigenvalue weighted by Gasteiger charge is 2.35. The van der Waals surface area contributed by atoms with E-state index in [9.17, 15) is 0 Å². The number of piperazine rings is 1. The smallest absolute Gasteiger partial charge is 0.0916 e. The molecule has 2 fully saturated rings. The molecule has 3 rings (SSSR count). The molecular weight excluding hydrogens is 220 g/mol. The van der Waals surface area contributed by atoms with Gasteiger partial charge in [0.1, 0.15) is 0 Å². The van der Waals surface area contributed by atoms with E-state index in [-0.39, 0.29) is 0 Å². The van der Waals surface area contributed by atoms with Gasteiger partial charge in [0.25, 0.3) is 0 Å². The second-order valence-electron chi connectivity index (χ2n) is 6.02. The van der Waals surface area contributed by atoms with E-state index < -0.39 is 0 Å². The van der Waals surface area contributed by atoms with Gasteiger partial charge in [0.2, 0.25) is 0 Å².